The molecule has 1 aliphatic carbocycles. The summed E-state index contributed by atoms with van der Waals surface area (Å²) < 4.78 is 25.9. The van der Waals surface area contributed by atoms with Crippen LogP contribution in [0.15, 0.2) is 35.2 Å². The molecule has 24 heavy (non-hydrogen) atoms. The van der Waals surface area contributed by atoms with Gasteiger partial charge in [-0.25, -0.2) is 12.7 Å². The van der Waals surface area contributed by atoms with Crippen LogP contribution in [0, 0.1) is 5.92 Å². The van der Waals surface area contributed by atoms with Gasteiger partial charge < -0.3 is 4.90 Å². The lowest BCUT2D eigenvalue weighted by Gasteiger charge is -2.33. The molecule has 3 rings (SSSR count). The first-order chi connectivity index (χ1) is 11.4. The van der Waals surface area contributed by atoms with Crippen molar-refractivity contribution in [3.63, 3.8) is 0 Å². The normalized spacial score (nSPS) is 21.0. The van der Waals surface area contributed by atoms with Gasteiger partial charge in [-0.15, -0.1) is 0 Å². The maximum absolute atomic E-state index is 12.9. The number of carbonyl (C=O) groups is 1. The predicted octanol–water partition coefficient (Wildman–Crippen LogP) is 2.57. The zero-order valence-corrected chi connectivity index (χ0v) is 15.1. The molecule has 1 aromatic carbocycles. The summed E-state index contributed by atoms with van der Waals surface area (Å²) in [6.45, 7) is 0.714. The molecule has 1 aromatic rings. The Hall–Kier alpha value is -1.66. The van der Waals surface area contributed by atoms with Crippen LogP contribution >= 0.6 is 0 Å². The third-order valence-electron chi connectivity index (χ3n) is 4.83. The molecule has 6 heteroatoms. The maximum Gasteiger partial charge on any atom is 0.242 e. The van der Waals surface area contributed by atoms with Gasteiger partial charge in [-0.05, 0) is 55.9 Å². The highest BCUT2D eigenvalue weighted by atomic mass is 32.2. The second-order valence-corrected chi connectivity index (χ2v) is 8.80. The number of carbonyl (C=O) groups excluding carboxylic acids is 1. The first-order valence-corrected chi connectivity index (χ1v) is 9.87. The van der Waals surface area contributed by atoms with Crippen LogP contribution in [-0.2, 0) is 21.2 Å². The van der Waals surface area contributed by atoms with E-state index in [4.69, 9.17) is 0 Å². The smallest absolute Gasteiger partial charge is 0.242 e. The Morgan fingerprint density at radius 2 is 2.04 bits per heavy atom. The van der Waals surface area contributed by atoms with E-state index < -0.39 is 10.0 Å². The topological polar surface area (TPSA) is 57.7 Å². The molecule has 0 bridgehead atoms. The van der Waals surface area contributed by atoms with Crippen LogP contribution in [-0.4, -0.2) is 39.3 Å². The number of hydrogen-bond donors (Lipinski definition) is 0. The van der Waals surface area contributed by atoms with Gasteiger partial charge in [0.15, 0.2) is 0 Å². The van der Waals surface area contributed by atoms with Gasteiger partial charge in [-0.3, -0.25) is 4.79 Å². The SMILES string of the molecule is CN(C)S(=O)(=O)c1ccc2c(c1)CCCN2C(=O)[C@H]1CC=CCC1. The van der Waals surface area contributed by atoms with E-state index in [-0.39, 0.29) is 11.8 Å². The lowest BCUT2D eigenvalue weighted by Crippen LogP contribution is -2.40. The minimum absolute atomic E-state index is 0.0473. The van der Waals surface area contributed by atoms with Gasteiger partial charge in [0.2, 0.25) is 15.9 Å². The summed E-state index contributed by atoms with van der Waals surface area (Å²) in [6.07, 6.45) is 8.55. The van der Waals surface area contributed by atoms with Gasteiger partial charge in [-0.1, -0.05) is 12.2 Å². The molecule has 1 heterocycles. The minimum atomic E-state index is -3.45. The molecule has 5 nitrogen and oxygen atoms in total. The van der Waals surface area contributed by atoms with Crippen LogP contribution in [0.5, 0.6) is 0 Å². The number of aryl methyl sites for hydroxylation is 1. The number of anilines is 1. The Labute approximate surface area is 144 Å². The number of rotatable bonds is 3. The molecule has 1 amide bonds. The fourth-order valence-electron chi connectivity index (χ4n) is 3.41. The standard InChI is InChI=1S/C18H24N2O3S/c1-19(2)24(22,23)16-10-11-17-15(13-16)9-6-12-20(17)18(21)14-7-4-3-5-8-14/h3-4,10-11,13-14H,5-9,12H2,1-2H3/t14-/m0/s1. The second-order valence-electron chi connectivity index (χ2n) is 6.65. The van der Waals surface area contributed by atoms with Crippen LogP contribution < -0.4 is 4.90 Å². The van der Waals surface area contributed by atoms with E-state index in [1.165, 1.54) is 18.4 Å². The Morgan fingerprint density at radius 3 is 2.71 bits per heavy atom. The van der Waals surface area contributed by atoms with E-state index in [1.54, 1.807) is 18.2 Å². The van der Waals surface area contributed by atoms with Gasteiger partial charge in [0, 0.05) is 32.2 Å². The number of fused-ring (bicyclic) bond motifs is 1. The van der Waals surface area contributed by atoms with E-state index in [1.807, 2.05) is 4.90 Å². The predicted molar refractivity (Wildman–Crippen MR) is 94.5 cm³/mol. The fourth-order valence-corrected chi connectivity index (χ4v) is 4.36. The van der Waals surface area contributed by atoms with E-state index >= 15 is 0 Å². The van der Waals surface area contributed by atoms with E-state index in [2.05, 4.69) is 12.2 Å². The maximum atomic E-state index is 12.9. The summed E-state index contributed by atoms with van der Waals surface area (Å²) >= 11 is 0. The van der Waals surface area contributed by atoms with Gasteiger partial charge in [0.25, 0.3) is 0 Å². The summed E-state index contributed by atoms with van der Waals surface area (Å²) in [5.41, 5.74) is 1.82. The molecular formula is C18H24N2O3S. The highest BCUT2D eigenvalue weighted by molar-refractivity contribution is 7.89. The summed E-state index contributed by atoms with van der Waals surface area (Å²) in [4.78, 5) is 15.0. The number of hydrogen-bond acceptors (Lipinski definition) is 3. The van der Waals surface area contributed by atoms with Crippen LogP contribution in [0.4, 0.5) is 5.69 Å². The van der Waals surface area contributed by atoms with Crippen molar-refractivity contribution in [3.8, 4) is 0 Å². The molecule has 1 atom stereocenters. The van der Waals surface area contributed by atoms with Crippen molar-refractivity contribution in [2.24, 2.45) is 5.92 Å². The lowest BCUT2D eigenvalue weighted by molar-refractivity contribution is -0.122. The van der Waals surface area contributed by atoms with Gasteiger partial charge >= 0.3 is 0 Å². The quantitative estimate of drug-likeness (QED) is 0.789. The number of sulfonamides is 1. The van der Waals surface area contributed by atoms with Gasteiger partial charge in [0.1, 0.15) is 0 Å². The van der Waals surface area contributed by atoms with Crippen molar-refractivity contribution in [1.29, 1.82) is 0 Å². The summed E-state index contributed by atoms with van der Waals surface area (Å²) in [5.74, 6) is 0.217. The second kappa shape index (κ2) is 6.69. The average molecular weight is 348 g/mol. The van der Waals surface area contributed by atoms with Crippen molar-refractivity contribution >= 4 is 21.6 Å². The average Bonchev–Trinajstić information content (AvgIpc) is 2.60. The largest absolute Gasteiger partial charge is 0.312 e. The molecule has 0 unspecified atom stereocenters. The Morgan fingerprint density at radius 1 is 1.25 bits per heavy atom. The third kappa shape index (κ3) is 3.13. The molecule has 0 fully saturated rings. The molecule has 0 saturated carbocycles. The van der Waals surface area contributed by atoms with Crippen LogP contribution in [0.2, 0.25) is 0 Å². The van der Waals surface area contributed by atoms with Crippen LogP contribution in [0.3, 0.4) is 0 Å². The summed E-state index contributed by atoms with van der Waals surface area (Å²) in [6, 6.07) is 5.13. The first-order valence-electron chi connectivity index (χ1n) is 8.43. The van der Waals surface area contributed by atoms with E-state index in [9.17, 15) is 13.2 Å². The molecule has 0 aromatic heterocycles. The minimum Gasteiger partial charge on any atom is -0.312 e. The lowest BCUT2D eigenvalue weighted by atomic mass is 9.91. The van der Waals surface area contributed by atoms with E-state index in [0.717, 1.165) is 43.4 Å². The molecule has 1 aliphatic heterocycles. The molecule has 0 spiro atoms. The highest BCUT2D eigenvalue weighted by Gasteiger charge is 2.29. The zero-order valence-electron chi connectivity index (χ0n) is 14.2. The number of benzene rings is 1. The van der Waals surface area contributed by atoms with E-state index in [0.29, 0.717) is 11.4 Å². The van der Waals surface area contributed by atoms with Crippen molar-refractivity contribution in [1.82, 2.24) is 4.31 Å². The molecule has 0 N–H and O–H groups in total. The monoisotopic (exact) mass is 348 g/mol. The molecule has 0 radical (unpaired) electrons. The van der Waals surface area contributed by atoms with Crippen molar-refractivity contribution in [2.45, 2.75) is 37.0 Å². The summed E-state index contributed by atoms with van der Waals surface area (Å²) in [5, 5.41) is 0. The van der Waals surface area contributed by atoms with Crippen LogP contribution in [0.1, 0.15) is 31.2 Å². The van der Waals surface area contributed by atoms with Crippen molar-refractivity contribution in [2.75, 3.05) is 25.5 Å². The Bertz CT molecular complexity index is 768. The highest BCUT2D eigenvalue weighted by Crippen LogP contribution is 2.32. The number of amides is 1. The molecule has 130 valence electrons. The number of nitrogens with zero attached hydrogens (tertiary/aromatic N) is 2. The summed E-state index contributed by atoms with van der Waals surface area (Å²) in [7, 11) is -0.390. The third-order valence-corrected chi connectivity index (χ3v) is 6.64. The first kappa shape index (κ1) is 17.2. The Balaban J connectivity index is 1.91. The van der Waals surface area contributed by atoms with Gasteiger partial charge in [-0.2, -0.15) is 0 Å². The molecule has 2 aliphatic rings. The van der Waals surface area contributed by atoms with Crippen LogP contribution in [0.25, 0.3) is 0 Å². The molecule has 0 saturated heterocycles. The molecular weight excluding hydrogens is 324 g/mol. The zero-order chi connectivity index (χ0) is 17.3. The number of allylic oxidation sites excluding steroid dienone is 2. The fraction of sp³-hybridized carbons (Fsp3) is 0.500. The van der Waals surface area contributed by atoms with Crippen molar-refractivity contribution in [3.05, 3.63) is 35.9 Å². The van der Waals surface area contributed by atoms with Gasteiger partial charge in [0.05, 0.1) is 4.90 Å². The van der Waals surface area contributed by atoms with Crippen molar-refractivity contribution < 1.29 is 13.2 Å². The Kier molecular flexibility index (Phi) is 4.78.